The quantitative estimate of drug-likeness (QED) is 0.647. The number of phenolic OH excluding ortho intramolecular Hbond substituents is 1. The van der Waals surface area contributed by atoms with Gasteiger partial charge in [-0.15, -0.1) is 0 Å². The number of fused-ring (bicyclic) bond motifs is 1. The lowest BCUT2D eigenvalue weighted by Gasteiger charge is -2.13. The van der Waals surface area contributed by atoms with Crippen LogP contribution in [0, 0.1) is 6.92 Å². The van der Waals surface area contributed by atoms with Crippen molar-refractivity contribution < 1.29 is 9.50 Å². The number of nitrogens with zero attached hydrogens (tertiary/aromatic N) is 1. The maximum Gasteiger partial charge on any atom is 0.142 e. The molecule has 0 saturated heterocycles. The minimum absolute atomic E-state index is 0.0946. The maximum absolute atomic E-state index is 13.6. The summed E-state index contributed by atoms with van der Waals surface area (Å²) in [6.07, 6.45) is 12.2. The van der Waals surface area contributed by atoms with Crippen LogP contribution in [0.15, 0.2) is 67.1 Å². The summed E-state index contributed by atoms with van der Waals surface area (Å²) in [4.78, 5) is 4.63. The summed E-state index contributed by atoms with van der Waals surface area (Å²) in [6.45, 7) is 7.78. The molecule has 1 aromatic heterocycles. The Morgan fingerprint density at radius 3 is 2.81 bits per heavy atom. The van der Waals surface area contributed by atoms with E-state index in [2.05, 4.69) is 11.6 Å². The minimum atomic E-state index is -0.128. The molecule has 0 radical (unpaired) electrons. The number of benzene rings is 1. The molecule has 0 bridgehead atoms. The van der Waals surface area contributed by atoms with Crippen LogP contribution >= 0.6 is 0 Å². The molecular formula is C23H22FNO. The highest BCUT2D eigenvalue weighted by Gasteiger charge is 2.13. The first-order valence-corrected chi connectivity index (χ1v) is 8.70. The van der Waals surface area contributed by atoms with Gasteiger partial charge < -0.3 is 5.11 Å². The number of allylic oxidation sites excluding steroid dienone is 9. The fraction of sp³-hybridized carbons (Fsp3) is 0.174. The fourth-order valence-electron chi connectivity index (χ4n) is 3.11. The van der Waals surface area contributed by atoms with E-state index in [9.17, 15) is 9.50 Å². The van der Waals surface area contributed by atoms with Crippen molar-refractivity contribution in [2.75, 3.05) is 0 Å². The topological polar surface area (TPSA) is 33.1 Å². The number of hydrogen-bond donors (Lipinski definition) is 1. The number of aromatic nitrogens is 1. The highest BCUT2D eigenvalue weighted by atomic mass is 19.1. The number of aryl methyl sites for hydroxylation is 1. The molecule has 1 N–H and O–H groups in total. The normalized spacial score (nSPS) is 15.3. The summed E-state index contributed by atoms with van der Waals surface area (Å²) in [5.41, 5.74) is 4.78. The number of rotatable bonds is 4. The van der Waals surface area contributed by atoms with Gasteiger partial charge in [-0.2, -0.15) is 0 Å². The van der Waals surface area contributed by atoms with E-state index in [-0.39, 0.29) is 11.6 Å². The van der Waals surface area contributed by atoms with Crippen molar-refractivity contribution >= 4 is 22.0 Å². The zero-order chi connectivity index (χ0) is 18.7. The highest BCUT2D eigenvalue weighted by Crippen LogP contribution is 2.34. The standard InChI is InChI=1S/C23H22FNO/c1-4-6-8-16(5-2)21-11-15(3)20-13-18(14-22(26)23(20)25-21)17-9-7-10-19(24)12-17/h4-6,8-9,11-14,26H,2,7,10H2,1,3H3/b6-4-,16-8+. The van der Waals surface area contributed by atoms with E-state index in [4.69, 9.17) is 0 Å². The van der Waals surface area contributed by atoms with Gasteiger partial charge in [0.1, 0.15) is 17.1 Å². The van der Waals surface area contributed by atoms with Gasteiger partial charge in [-0.3, -0.25) is 0 Å². The van der Waals surface area contributed by atoms with Crippen molar-refractivity contribution in [1.29, 1.82) is 0 Å². The second-order valence-electron chi connectivity index (χ2n) is 6.36. The molecule has 1 heterocycles. The second kappa shape index (κ2) is 7.52. The summed E-state index contributed by atoms with van der Waals surface area (Å²) >= 11 is 0. The Bertz CT molecular complexity index is 993. The molecule has 1 aromatic carbocycles. The van der Waals surface area contributed by atoms with Crippen molar-refractivity contribution in [3.63, 3.8) is 0 Å². The number of halogens is 1. The largest absolute Gasteiger partial charge is 0.506 e. The molecule has 2 aromatic rings. The second-order valence-corrected chi connectivity index (χ2v) is 6.36. The Kier molecular flexibility index (Phi) is 5.17. The summed E-state index contributed by atoms with van der Waals surface area (Å²) in [5, 5.41) is 11.4. The molecule has 0 amide bonds. The first-order valence-electron chi connectivity index (χ1n) is 8.70. The van der Waals surface area contributed by atoms with Gasteiger partial charge in [0, 0.05) is 11.8 Å². The monoisotopic (exact) mass is 347 g/mol. The highest BCUT2D eigenvalue weighted by molar-refractivity contribution is 5.93. The van der Waals surface area contributed by atoms with Gasteiger partial charge in [-0.1, -0.05) is 37.0 Å². The molecule has 0 aliphatic heterocycles. The van der Waals surface area contributed by atoms with Crippen LogP contribution in [0.4, 0.5) is 4.39 Å². The average molecular weight is 347 g/mol. The number of pyridine rings is 1. The van der Waals surface area contributed by atoms with Crippen LogP contribution < -0.4 is 0 Å². The molecule has 26 heavy (non-hydrogen) atoms. The Morgan fingerprint density at radius 1 is 1.31 bits per heavy atom. The fourth-order valence-corrected chi connectivity index (χ4v) is 3.11. The SMILES string of the molecule is C=C/C(=C\C=C/C)c1cc(C)c2cc(C3=CCCC(F)=C3)cc(O)c2n1. The number of phenols is 1. The van der Waals surface area contributed by atoms with Crippen LogP contribution in [0.25, 0.3) is 22.0 Å². The van der Waals surface area contributed by atoms with E-state index in [1.165, 1.54) is 6.08 Å². The van der Waals surface area contributed by atoms with Crippen molar-refractivity contribution in [3.8, 4) is 5.75 Å². The van der Waals surface area contributed by atoms with Crippen molar-refractivity contribution in [3.05, 3.63) is 83.9 Å². The van der Waals surface area contributed by atoms with Crippen molar-refractivity contribution in [1.82, 2.24) is 4.98 Å². The van der Waals surface area contributed by atoms with Gasteiger partial charge in [0.05, 0.1) is 5.69 Å². The van der Waals surface area contributed by atoms with Crippen LogP contribution in [-0.2, 0) is 0 Å². The van der Waals surface area contributed by atoms with E-state index >= 15 is 0 Å². The van der Waals surface area contributed by atoms with E-state index in [1.807, 2.05) is 50.3 Å². The van der Waals surface area contributed by atoms with Gasteiger partial charge >= 0.3 is 0 Å². The number of aromatic hydroxyl groups is 1. The van der Waals surface area contributed by atoms with Crippen molar-refractivity contribution in [2.45, 2.75) is 26.7 Å². The summed E-state index contributed by atoms with van der Waals surface area (Å²) in [5.74, 6) is -0.0331. The van der Waals surface area contributed by atoms with Gasteiger partial charge in [0.2, 0.25) is 0 Å². The molecular weight excluding hydrogens is 325 g/mol. The van der Waals surface area contributed by atoms with Crippen LogP contribution in [0.2, 0.25) is 0 Å². The molecule has 0 atom stereocenters. The Labute approximate surface area is 153 Å². The summed E-state index contributed by atoms with van der Waals surface area (Å²) < 4.78 is 13.6. The van der Waals surface area contributed by atoms with Crippen LogP contribution in [0.5, 0.6) is 5.75 Å². The molecule has 0 spiro atoms. The zero-order valence-electron chi connectivity index (χ0n) is 15.1. The Balaban J connectivity index is 2.16. The predicted molar refractivity (Wildman–Crippen MR) is 108 cm³/mol. The lowest BCUT2D eigenvalue weighted by Crippen LogP contribution is -1.95. The first-order chi connectivity index (χ1) is 12.5. The molecule has 0 saturated carbocycles. The molecule has 132 valence electrons. The third-order valence-corrected chi connectivity index (χ3v) is 4.48. The third kappa shape index (κ3) is 3.52. The summed E-state index contributed by atoms with van der Waals surface area (Å²) in [7, 11) is 0. The predicted octanol–water partition coefficient (Wildman–Crippen LogP) is 6.42. The first kappa shape index (κ1) is 17.9. The van der Waals surface area contributed by atoms with Crippen LogP contribution in [0.3, 0.4) is 0 Å². The maximum atomic E-state index is 13.6. The molecule has 1 aliphatic rings. The average Bonchev–Trinajstić information content (AvgIpc) is 2.63. The van der Waals surface area contributed by atoms with Gasteiger partial charge in [0.15, 0.2) is 0 Å². The van der Waals surface area contributed by atoms with Gasteiger partial charge in [-0.25, -0.2) is 9.37 Å². The summed E-state index contributed by atoms with van der Waals surface area (Å²) in [6, 6.07) is 5.60. The molecule has 3 heteroatoms. The van der Waals surface area contributed by atoms with E-state index in [0.29, 0.717) is 18.4 Å². The van der Waals surface area contributed by atoms with E-state index in [0.717, 1.165) is 33.4 Å². The molecule has 1 aliphatic carbocycles. The molecule has 0 fully saturated rings. The molecule has 0 unspecified atom stereocenters. The van der Waals surface area contributed by atoms with Crippen LogP contribution in [0.1, 0.15) is 36.6 Å². The Morgan fingerprint density at radius 2 is 2.12 bits per heavy atom. The lowest BCUT2D eigenvalue weighted by molar-refractivity contribution is 0.480. The smallest absolute Gasteiger partial charge is 0.142 e. The molecule has 3 rings (SSSR count). The third-order valence-electron chi connectivity index (χ3n) is 4.48. The zero-order valence-corrected chi connectivity index (χ0v) is 15.1. The van der Waals surface area contributed by atoms with Gasteiger partial charge in [0.25, 0.3) is 0 Å². The van der Waals surface area contributed by atoms with Crippen molar-refractivity contribution in [2.24, 2.45) is 0 Å². The molecule has 2 nitrogen and oxygen atoms in total. The van der Waals surface area contributed by atoms with E-state index < -0.39 is 0 Å². The lowest BCUT2D eigenvalue weighted by atomic mass is 9.95. The Hall–Kier alpha value is -2.94. The van der Waals surface area contributed by atoms with E-state index in [1.54, 1.807) is 12.1 Å². The minimum Gasteiger partial charge on any atom is -0.506 e. The van der Waals surface area contributed by atoms with Gasteiger partial charge in [-0.05, 0) is 66.8 Å². The number of hydrogen-bond acceptors (Lipinski definition) is 2. The van der Waals surface area contributed by atoms with Crippen LogP contribution in [-0.4, -0.2) is 10.1 Å².